The Morgan fingerprint density at radius 1 is 1.78 bits per heavy atom. The second kappa shape index (κ2) is 4.32. The molecule has 1 atom stereocenters. The van der Waals surface area contributed by atoms with Gasteiger partial charge in [-0.15, -0.1) is 0 Å². The maximum Gasteiger partial charge on any atom is 0.311 e. The lowest BCUT2D eigenvalue weighted by molar-refractivity contribution is -0.144. The van der Waals surface area contributed by atoms with Gasteiger partial charge in [0, 0.05) is 7.11 Å². The number of hydrogen-bond acceptors (Lipinski definition) is 3. The van der Waals surface area contributed by atoms with E-state index in [0.717, 1.165) is 0 Å². The largest absolute Gasteiger partial charge is 0.462 e. The molecule has 0 bridgehead atoms. The van der Waals surface area contributed by atoms with E-state index in [4.69, 9.17) is 4.74 Å². The van der Waals surface area contributed by atoms with Crippen molar-refractivity contribution in [3.05, 3.63) is 7.11 Å². The third-order valence-corrected chi connectivity index (χ3v) is 0.961. The first-order chi connectivity index (χ1) is 4.22. The molecule has 0 spiro atoms. The Labute approximate surface area is 55.0 Å². The zero-order valence-corrected chi connectivity index (χ0v) is 5.72. The summed E-state index contributed by atoms with van der Waals surface area (Å²) in [7, 11) is 4.52. The van der Waals surface area contributed by atoms with Crippen LogP contribution in [0.3, 0.4) is 0 Å². The monoisotopic (exact) mass is 131 g/mol. The van der Waals surface area contributed by atoms with E-state index in [1.54, 1.807) is 6.92 Å². The van der Waals surface area contributed by atoms with Gasteiger partial charge in [-0.2, -0.15) is 0 Å². The van der Waals surface area contributed by atoms with Crippen molar-refractivity contribution in [3.63, 3.8) is 0 Å². The maximum atomic E-state index is 10.5. The molecule has 0 rings (SSSR count). The third-order valence-electron chi connectivity index (χ3n) is 0.961. The van der Waals surface area contributed by atoms with Crippen LogP contribution >= 0.6 is 0 Å². The van der Waals surface area contributed by atoms with E-state index < -0.39 is 0 Å². The third kappa shape index (κ3) is 3.08. The van der Waals surface area contributed by atoms with Crippen molar-refractivity contribution < 1.29 is 14.3 Å². The maximum absolute atomic E-state index is 10.5. The van der Waals surface area contributed by atoms with Gasteiger partial charge in [0.2, 0.25) is 0 Å². The number of rotatable bonds is 3. The highest BCUT2D eigenvalue weighted by Crippen LogP contribution is 1.96. The van der Waals surface area contributed by atoms with Crippen molar-refractivity contribution >= 4 is 5.97 Å². The SMILES string of the molecule is [CH2]OC(=O)C(C)COC. The van der Waals surface area contributed by atoms with E-state index in [1.165, 1.54) is 7.11 Å². The highest BCUT2D eigenvalue weighted by Gasteiger charge is 2.11. The predicted octanol–water partition coefficient (Wildman–Crippen LogP) is 0.604. The number of hydrogen-bond donors (Lipinski definition) is 0. The molecule has 0 amide bonds. The minimum Gasteiger partial charge on any atom is -0.462 e. The molecular formula is C6H11O3. The van der Waals surface area contributed by atoms with Gasteiger partial charge in [0.05, 0.1) is 12.5 Å². The first kappa shape index (κ1) is 8.43. The number of carbonyl (C=O) groups excluding carboxylic acids is 1. The Kier molecular flexibility index (Phi) is 4.05. The van der Waals surface area contributed by atoms with Gasteiger partial charge in [0.15, 0.2) is 0 Å². The summed E-state index contributed by atoms with van der Waals surface area (Å²) in [6, 6.07) is 0. The summed E-state index contributed by atoms with van der Waals surface area (Å²) in [5.74, 6) is -0.552. The van der Waals surface area contributed by atoms with Crippen LogP contribution in [0, 0.1) is 13.0 Å². The summed E-state index contributed by atoms with van der Waals surface area (Å²) < 4.78 is 8.89. The van der Waals surface area contributed by atoms with Crippen LogP contribution in [0.1, 0.15) is 6.92 Å². The van der Waals surface area contributed by atoms with E-state index in [0.29, 0.717) is 6.61 Å². The topological polar surface area (TPSA) is 35.5 Å². The molecule has 3 nitrogen and oxygen atoms in total. The molecule has 0 aliphatic carbocycles. The Hall–Kier alpha value is -0.570. The summed E-state index contributed by atoms with van der Waals surface area (Å²) in [6.45, 7) is 2.10. The molecule has 0 N–H and O–H groups in total. The van der Waals surface area contributed by atoms with Gasteiger partial charge >= 0.3 is 5.97 Å². The summed E-state index contributed by atoms with van der Waals surface area (Å²) >= 11 is 0. The van der Waals surface area contributed by atoms with Crippen molar-refractivity contribution in [1.29, 1.82) is 0 Å². The van der Waals surface area contributed by atoms with Gasteiger partial charge in [-0.3, -0.25) is 4.79 Å². The number of methoxy groups -OCH3 is 1. The molecule has 0 saturated carbocycles. The average Bonchev–Trinajstić information content (AvgIpc) is 1.87. The molecule has 0 aromatic rings. The molecule has 0 aliphatic heterocycles. The molecule has 0 fully saturated rings. The Morgan fingerprint density at radius 3 is 2.67 bits per heavy atom. The van der Waals surface area contributed by atoms with Crippen LogP contribution in [0.15, 0.2) is 0 Å². The van der Waals surface area contributed by atoms with Crippen LogP contribution in [-0.4, -0.2) is 19.7 Å². The second-order valence-electron chi connectivity index (χ2n) is 1.82. The Morgan fingerprint density at radius 2 is 2.33 bits per heavy atom. The van der Waals surface area contributed by atoms with Gasteiger partial charge in [-0.05, 0) is 6.92 Å². The molecule has 0 heterocycles. The first-order valence-corrected chi connectivity index (χ1v) is 2.67. The molecule has 53 valence electrons. The van der Waals surface area contributed by atoms with Crippen LogP contribution < -0.4 is 0 Å². The Balaban J connectivity index is 3.45. The van der Waals surface area contributed by atoms with Gasteiger partial charge in [-0.1, -0.05) is 0 Å². The molecule has 3 heteroatoms. The average molecular weight is 131 g/mol. The molecule has 0 saturated heterocycles. The van der Waals surface area contributed by atoms with Crippen molar-refractivity contribution in [3.8, 4) is 0 Å². The zero-order chi connectivity index (χ0) is 7.28. The number of carbonyl (C=O) groups is 1. The van der Waals surface area contributed by atoms with Crippen LogP contribution in [-0.2, 0) is 14.3 Å². The minimum atomic E-state index is -0.336. The molecule has 0 aromatic carbocycles. The van der Waals surface area contributed by atoms with Crippen molar-refractivity contribution in [2.75, 3.05) is 13.7 Å². The lowest BCUT2D eigenvalue weighted by Gasteiger charge is -2.05. The zero-order valence-electron chi connectivity index (χ0n) is 5.72. The van der Waals surface area contributed by atoms with E-state index in [9.17, 15) is 4.79 Å². The van der Waals surface area contributed by atoms with Crippen LogP contribution in [0.2, 0.25) is 0 Å². The molecule has 9 heavy (non-hydrogen) atoms. The normalized spacial score (nSPS) is 12.8. The van der Waals surface area contributed by atoms with Crippen molar-refractivity contribution in [2.45, 2.75) is 6.92 Å². The highest BCUT2D eigenvalue weighted by atomic mass is 16.5. The van der Waals surface area contributed by atoms with E-state index >= 15 is 0 Å². The van der Waals surface area contributed by atoms with Gasteiger partial charge in [0.25, 0.3) is 0 Å². The van der Waals surface area contributed by atoms with Crippen LogP contribution in [0.5, 0.6) is 0 Å². The fourth-order valence-corrected chi connectivity index (χ4v) is 0.460. The molecule has 0 aliphatic rings. The second-order valence-corrected chi connectivity index (χ2v) is 1.82. The number of esters is 1. The van der Waals surface area contributed by atoms with Crippen LogP contribution in [0.25, 0.3) is 0 Å². The molecule has 1 unspecified atom stereocenters. The molecule has 0 aromatic heterocycles. The fourth-order valence-electron chi connectivity index (χ4n) is 0.460. The van der Waals surface area contributed by atoms with Gasteiger partial charge < -0.3 is 9.47 Å². The lowest BCUT2D eigenvalue weighted by atomic mass is 10.2. The molecule has 1 radical (unpaired) electrons. The minimum absolute atomic E-state index is 0.215. The van der Waals surface area contributed by atoms with E-state index in [2.05, 4.69) is 11.8 Å². The molecular weight excluding hydrogens is 120 g/mol. The summed E-state index contributed by atoms with van der Waals surface area (Å²) in [5.41, 5.74) is 0. The summed E-state index contributed by atoms with van der Waals surface area (Å²) in [5, 5.41) is 0. The first-order valence-electron chi connectivity index (χ1n) is 2.67. The smallest absolute Gasteiger partial charge is 0.311 e. The number of ether oxygens (including phenoxy) is 2. The van der Waals surface area contributed by atoms with Gasteiger partial charge in [0.1, 0.15) is 7.11 Å². The predicted molar refractivity (Wildman–Crippen MR) is 32.5 cm³/mol. The van der Waals surface area contributed by atoms with Crippen molar-refractivity contribution in [1.82, 2.24) is 0 Å². The summed E-state index contributed by atoms with van der Waals surface area (Å²) in [6.07, 6.45) is 0. The van der Waals surface area contributed by atoms with Gasteiger partial charge in [-0.25, -0.2) is 0 Å². The van der Waals surface area contributed by atoms with Crippen molar-refractivity contribution in [2.24, 2.45) is 5.92 Å². The quantitative estimate of drug-likeness (QED) is 0.526. The fraction of sp³-hybridized carbons (Fsp3) is 0.667. The highest BCUT2D eigenvalue weighted by molar-refractivity contribution is 5.72. The Bertz CT molecular complexity index is 90.3. The lowest BCUT2D eigenvalue weighted by Crippen LogP contribution is -2.16. The van der Waals surface area contributed by atoms with E-state index in [1.807, 2.05) is 0 Å². The van der Waals surface area contributed by atoms with E-state index in [-0.39, 0.29) is 11.9 Å². The standard InChI is InChI=1S/C6H11O3/c1-5(4-8-2)6(7)9-3/h5H,3-4H2,1-2H3. The van der Waals surface area contributed by atoms with Crippen LogP contribution in [0.4, 0.5) is 0 Å². The summed E-state index contributed by atoms with van der Waals surface area (Å²) in [4.78, 5) is 10.5.